The highest BCUT2D eigenvalue weighted by atomic mass is 19.2. The fourth-order valence-electron chi connectivity index (χ4n) is 3.83. The van der Waals surface area contributed by atoms with Gasteiger partial charge in [0.2, 0.25) is 11.8 Å². The van der Waals surface area contributed by atoms with Crippen LogP contribution >= 0.6 is 0 Å². The zero-order chi connectivity index (χ0) is 24.2. The number of aromatic nitrogens is 3. The van der Waals surface area contributed by atoms with Gasteiger partial charge in [0.05, 0.1) is 12.1 Å². The number of hydrogen-bond donors (Lipinski definition) is 2. The molecule has 2 aromatic carbocycles. The smallest absolute Gasteiger partial charge is 0.257 e. The van der Waals surface area contributed by atoms with E-state index in [2.05, 4.69) is 22.1 Å². The fraction of sp³-hybridized carbons (Fsp3) is 0.269. The molecule has 0 aliphatic carbocycles. The van der Waals surface area contributed by atoms with Crippen molar-refractivity contribution in [2.45, 2.75) is 46.0 Å². The average molecular weight is 466 g/mol. The second kappa shape index (κ2) is 9.99. The highest BCUT2D eigenvalue weighted by Crippen LogP contribution is 2.44. The van der Waals surface area contributed by atoms with Crippen LogP contribution in [0.1, 0.15) is 49.4 Å². The van der Waals surface area contributed by atoms with E-state index in [-0.39, 0.29) is 29.5 Å². The summed E-state index contributed by atoms with van der Waals surface area (Å²) in [5, 5.41) is 29.8. The largest absolute Gasteiger partial charge is 0.506 e. The first kappa shape index (κ1) is 23.4. The van der Waals surface area contributed by atoms with Crippen LogP contribution in [0.25, 0.3) is 22.6 Å². The number of unbranched alkanes of at least 4 members (excludes halogenated alkanes) is 1. The molecule has 0 aliphatic heterocycles. The van der Waals surface area contributed by atoms with Gasteiger partial charge >= 0.3 is 0 Å². The monoisotopic (exact) mass is 465 g/mol. The summed E-state index contributed by atoms with van der Waals surface area (Å²) in [5.74, 6) is -2.53. The van der Waals surface area contributed by atoms with Gasteiger partial charge in [-0.05, 0) is 48.1 Å². The van der Waals surface area contributed by atoms with E-state index >= 15 is 0 Å². The average Bonchev–Trinajstić information content (AvgIpc) is 3.27. The fourth-order valence-corrected chi connectivity index (χ4v) is 3.83. The van der Waals surface area contributed by atoms with Crippen LogP contribution in [0.15, 0.2) is 46.9 Å². The quantitative estimate of drug-likeness (QED) is 0.332. The predicted molar refractivity (Wildman–Crippen MR) is 123 cm³/mol. The van der Waals surface area contributed by atoms with Crippen LogP contribution in [0.4, 0.5) is 8.78 Å². The van der Waals surface area contributed by atoms with E-state index < -0.39 is 17.5 Å². The van der Waals surface area contributed by atoms with E-state index in [0.717, 1.165) is 42.5 Å². The summed E-state index contributed by atoms with van der Waals surface area (Å²) in [7, 11) is 0. The van der Waals surface area contributed by atoms with Crippen molar-refractivity contribution in [2.24, 2.45) is 0 Å². The summed E-state index contributed by atoms with van der Waals surface area (Å²) in [6.45, 7) is 4.10. The lowest BCUT2D eigenvalue weighted by atomic mass is 9.95. The molecule has 0 radical (unpaired) electrons. The van der Waals surface area contributed by atoms with Crippen LogP contribution in [0, 0.1) is 11.6 Å². The molecule has 0 bridgehead atoms. The topological polar surface area (TPSA) is 92.3 Å². The molecule has 0 fully saturated rings. The third-order valence-electron chi connectivity index (χ3n) is 5.64. The molecule has 0 saturated carbocycles. The molecular weight excluding hydrogens is 440 g/mol. The van der Waals surface area contributed by atoms with Crippen LogP contribution in [0.5, 0.6) is 11.6 Å². The van der Waals surface area contributed by atoms with Crippen molar-refractivity contribution < 1.29 is 23.4 Å². The van der Waals surface area contributed by atoms with Gasteiger partial charge in [0, 0.05) is 5.56 Å². The Morgan fingerprint density at radius 3 is 2.47 bits per heavy atom. The molecule has 4 aromatic rings. The normalized spacial score (nSPS) is 11.2. The van der Waals surface area contributed by atoms with Crippen molar-refractivity contribution in [1.82, 2.24) is 15.2 Å². The number of nitrogens with zero attached hydrogens (tertiary/aromatic N) is 3. The summed E-state index contributed by atoms with van der Waals surface area (Å²) in [6, 6.07) is 11.3. The summed E-state index contributed by atoms with van der Waals surface area (Å²) >= 11 is 0. The Labute approximate surface area is 195 Å². The molecule has 2 N–H and O–H groups in total. The van der Waals surface area contributed by atoms with Crippen LogP contribution < -0.4 is 0 Å². The van der Waals surface area contributed by atoms with E-state index in [9.17, 15) is 19.0 Å². The Hall–Kier alpha value is -3.81. The molecule has 2 aromatic heterocycles. The molecule has 0 aliphatic rings. The molecule has 0 atom stereocenters. The third-order valence-corrected chi connectivity index (χ3v) is 5.64. The molecule has 4 rings (SSSR count). The minimum atomic E-state index is -0.974. The number of aromatic hydroxyl groups is 2. The first-order valence-electron chi connectivity index (χ1n) is 11.2. The van der Waals surface area contributed by atoms with Gasteiger partial charge in [0.1, 0.15) is 11.3 Å². The van der Waals surface area contributed by atoms with Gasteiger partial charge in [-0.25, -0.2) is 13.8 Å². The van der Waals surface area contributed by atoms with Crippen molar-refractivity contribution in [3.8, 4) is 34.2 Å². The highest BCUT2D eigenvalue weighted by molar-refractivity contribution is 5.83. The van der Waals surface area contributed by atoms with Crippen molar-refractivity contribution in [2.75, 3.05) is 0 Å². The van der Waals surface area contributed by atoms with E-state index in [4.69, 9.17) is 4.42 Å². The Balaban J connectivity index is 1.77. The zero-order valence-electron chi connectivity index (χ0n) is 19.0. The van der Waals surface area contributed by atoms with E-state index in [1.54, 1.807) is 0 Å². The first-order chi connectivity index (χ1) is 16.4. The molecule has 2 heterocycles. The number of halogens is 2. The molecule has 0 spiro atoms. The lowest BCUT2D eigenvalue weighted by Gasteiger charge is -2.15. The molecule has 176 valence electrons. The Morgan fingerprint density at radius 1 is 0.912 bits per heavy atom. The van der Waals surface area contributed by atoms with Crippen molar-refractivity contribution >= 4 is 0 Å². The highest BCUT2D eigenvalue weighted by Gasteiger charge is 2.25. The summed E-state index contributed by atoms with van der Waals surface area (Å²) in [4.78, 5) is 4.37. The second-order valence-corrected chi connectivity index (χ2v) is 8.06. The first-order valence-corrected chi connectivity index (χ1v) is 11.2. The van der Waals surface area contributed by atoms with Crippen molar-refractivity contribution in [3.63, 3.8) is 0 Å². The van der Waals surface area contributed by atoms with Gasteiger partial charge in [0.15, 0.2) is 11.6 Å². The van der Waals surface area contributed by atoms with Crippen molar-refractivity contribution in [3.05, 3.63) is 76.8 Å². The minimum absolute atomic E-state index is 0.0547. The number of pyridine rings is 1. The number of benzene rings is 2. The van der Waals surface area contributed by atoms with Gasteiger partial charge in [-0.3, -0.25) is 0 Å². The van der Waals surface area contributed by atoms with Crippen molar-refractivity contribution in [1.29, 1.82) is 0 Å². The van der Waals surface area contributed by atoms with Gasteiger partial charge in [0.25, 0.3) is 5.89 Å². The summed E-state index contributed by atoms with van der Waals surface area (Å²) in [6.07, 6.45) is 3.23. The number of aryl methyl sites for hydroxylation is 2. The molecule has 34 heavy (non-hydrogen) atoms. The SMILES string of the molecule is CCCCc1nc(O)c(-c2nnc(Cc3ccc(F)c(F)c3)o2)c(O)c1-c1cccc(CC)c1. The maximum Gasteiger partial charge on any atom is 0.257 e. The van der Waals surface area contributed by atoms with Gasteiger partial charge < -0.3 is 14.6 Å². The van der Waals surface area contributed by atoms with E-state index in [0.29, 0.717) is 23.2 Å². The summed E-state index contributed by atoms with van der Waals surface area (Å²) < 4.78 is 32.4. The minimum Gasteiger partial charge on any atom is -0.506 e. The van der Waals surface area contributed by atoms with Gasteiger partial charge in [-0.15, -0.1) is 10.2 Å². The van der Waals surface area contributed by atoms with E-state index in [1.165, 1.54) is 6.07 Å². The van der Waals surface area contributed by atoms with Gasteiger partial charge in [-0.2, -0.15) is 0 Å². The van der Waals surface area contributed by atoms with Crippen LogP contribution in [0.2, 0.25) is 0 Å². The zero-order valence-corrected chi connectivity index (χ0v) is 19.0. The predicted octanol–water partition coefficient (Wildman–Crippen LogP) is 5.98. The Bertz CT molecular complexity index is 1320. The van der Waals surface area contributed by atoms with Gasteiger partial charge in [-0.1, -0.05) is 50.6 Å². The van der Waals surface area contributed by atoms with Crippen LogP contribution in [0.3, 0.4) is 0 Å². The number of hydrogen-bond acceptors (Lipinski definition) is 6. The lowest BCUT2D eigenvalue weighted by Crippen LogP contribution is -1.99. The molecule has 6 nitrogen and oxygen atoms in total. The third kappa shape index (κ3) is 4.76. The summed E-state index contributed by atoms with van der Waals surface area (Å²) in [5.41, 5.74) is 3.33. The molecule has 0 saturated heterocycles. The molecule has 0 unspecified atom stereocenters. The number of rotatable bonds is 8. The maximum atomic E-state index is 13.5. The van der Waals surface area contributed by atoms with Crippen LogP contribution in [-0.2, 0) is 19.3 Å². The Kier molecular flexibility index (Phi) is 6.86. The maximum absolute atomic E-state index is 13.5. The second-order valence-electron chi connectivity index (χ2n) is 8.06. The molecular formula is C26H25F2N3O3. The van der Waals surface area contributed by atoms with E-state index in [1.807, 2.05) is 31.2 Å². The Morgan fingerprint density at radius 2 is 1.74 bits per heavy atom. The van der Waals surface area contributed by atoms with Crippen LogP contribution in [-0.4, -0.2) is 25.4 Å². The molecule has 8 heteroatoms. The standard InChI is InChI=1S/C26H25F2N3O3/c1-3-5-9-20-22(17-8-6-7-15(4-2)12-17)24(32)23(25(33)29-20)26-31-30-21(34-26)14-16-10-11-18(27)19(28)13-16/h6-8,10-13H,3-5,9,14H2,1-2H3,(H2,29,32,33). The molecule has 0 amide bonds. The lowest BCUT2D eigenvalue weighted by molar-refractivity contribution is 0.429.